The lowest BCUT2D eigenvalue weighted by Crippen LogP contribution is -2.19. The number of ether oxygens (including phenoxy) is 1. The Balaban J connectivity index is 1.92. The molecule has 1 aliphatic heterocycles. The summed E-state index contributed by atoms with van der Waals surface area (Å²) in [6.07, 6.45) is 10.1. The van der Waals surface area contributed by atoms with Crippen LogP contribution in [-0.4, -0.2) is 28.5 Å². The monoisotopic (exact) mass is 253 g/mol. The lowest BCUT2D eigenvalue weighted by atomic mass is 10.2. The van der Waals surface area contributed by atoms with E-state index in [1.807, 2.05) is 36.5 Å². The van der Waals surface area contributed by atoms with Gasteiger partial charge in [0.1, 0.15) is 17.1 Å². The zero-order chi connectivity index (χ0) is 13.1. The summed E-state index contributed by atoms with van der Waals surface area (Å²) in [6, 6.07) is 5.86. The average molecular weight is 253 g/mol. The third-order valence-corrected chi connectivity index (χ3v) is 3.07. The van der Waals surface area contributed by atoms with Gasteiger partial charge in [-0.1, -0.05) is 24.3 Å². The fraction of sp³-hybridized carbons (Fsp3) is 0.200. The number of hydrogen-bond donors (Lipinski definition) is 0. The Morgan fingerprint density at radius 1 is 1.32 bits per heavy atom. The van der Waals surface area contributed by atoms with Gasteiger partial charge in [-0.05, 0) is 18.3 Å². The van der Waals surface area contributed by atoms with Gasteiger partial charge in [-0.25, -0.2) is 9.97 Å². The minimum Gasteiger partial charge on any atom is -0.494 e. The minimum atomic E-state index is 0.703. The Morgan fingerprint density at radius 3 is 3.05 bits per heavy atom. The van der Waals surface area contributed by atoms with Crippen LogP contribution in [0.1, 0.15) is 5.82 Å². The van der Waals surface area contributed by atoms with Gasteiger partial charge < -0.3 is 9.64 Å². The molecule has 19 heavy (non-hydrogen) atoms. The van der Waals surface area contributed by atoms with Crippen molar-refractivity contribution in [3.63, 3.8) is 0 Å². The molecule has 3 rings (SSSR count). The van der Waals surface area contributed by atoms with E-state index in [0.717, 1.165) is 29.0 Å². The first-order valence-electron chi connectivity index (χ1n) is 6.23. The van der Waals surface area contributed by atoms with E-state index >= 15 is 0 Å². The van der Waals surface area contributed by atoms with Crippen LogP contribution in [0.5, 0.6) is 5.75 Å². The maximum Gasteiger partial charge on any atom is 0.148 e. The van der Waals surface area contributed by atoms with Gasteiger partial charge in [-0.15, -0.1) is 0 Å². The minimum absolute atomic E-state index is 0.703. The molecule has 96 valence electrons. The van der Waals surface area contributed by atoms with Gasteiger partial charge in [-0.3, -0.25) is 0 Å². The van der Waals surface area contributed by atoms with Crippen molar-refractivity contribution in [2.24, 2.45) is 0 Å². The fourth-order valence-corrected chi connectivity index (χ4v) is 2.11. The van der Waals surface area contributed by atoms with Crippen LogP contribution in [0, 0.1) is 0 Å². The first-order valence-corrected chi connectivity index (χ1v) is 6.23. The number of para-hydroxylation sites is 1. The van der Waals surface area contributed by atoms with Crippen LogP contribution in [0.25, 0.3) is 10.9 Å². The summed E-state index contributed by atoms with van der Waals surface area (Å²) in [7, 11) is 1.66. The molecule has 4 nitrogen and oxygen atoms in total. The second kappa shape index (κ2) is 5.10. The zero-order valence-corrected chi connectivity index (χ0v) is 10.8. The molecule has 0 spiro atoms. The number of allylic oxidation sites excluding steroid dienone is 2. The molecule has 0 unspecified atom stereocenters. The number of nitrogens with zero attached hydrogens (tertiary/aromatic N) is 3. The molecule has 0 bridgehead atoms. The summed E-state index contributed by atoms with van der Waals surface area (Å²) in [5.41, 5.74) is 0.867. The molecule has 1 aliphatic rings. The van der Waals surface area contributed by atoms with Crippen LogP contribution in [-0.2, 0) is 6.54 Å². The van der Waals surface area contributed by atoms with Crippen molar-refractivity contribution in [2.75, 3.05) is 13.7 Å². The van der Waals surface area contributed by atoms with Crippen molar-refractivity contribution in [1.82, 2.24) is 14.9 Å². The van der Waals surface area contributed by atoms with Gasteiger partial charge in [0.05, 0.1) is 13.7 Å². The van der Waals surface area contributed by atoms with Crippen LogP contribution < -0.4 is 4.74 Å². The van der Waals surface area contributed by atoms with Crippen LogP contribution in [0.3, 0.4) is 0 Å². The summed E-state index contributed by atoms with van der Waals surface area (Å²) in [4.78, 5) is 11.2. The number of benzene rings is 1. The first kappa shape index (κ1) is 11.7. The van der Waals surface area contributed by atoms with Crippen molar-refractivity contribution in [1.29, 1.82) is 0 Å². The molecule has 1 aromatic carbocycles. The molecule has 2 aromatic rings. The number of rotatable bonds is 3. The molecular formula is C15H15N3O. The molecule has 0 radical (unpaired) electrons. The molecule has 0 fully saturated rings. The maximum atomic E-state index is 5.34. The van der Waals surface area contributed by atoms with Gasteiger partial charge in [0.25, 0.3) is 0 Å². The van der Waals surface area contributed by atoms with Crippen LogP contribution in [0.15, 0.2) is 48.8 Å². The Labute approximate surface area is 112 Å². The second-order valence-electron chi connectivity index (χ2n) is 4.38. The summed E-state index contributed by atoms with van der Waals surface area (Å²) >= 11 is 0. The van der Waals surface area contributed by atoms with Gasteiger partial charge in [0, 0.05) is 18.1 Å². The lowest BCUT2D eigenvalue weighted by Gasteiger charge is -2.19. The van der Waals surface area contributed by atoms with E-state index in [2.05, 4.69) is 27.1 Å². The molecule has 0 aliphatic carbocycles. The summed E-state index contributed by atoms with van der Waals surface area (Å²) in [5, 5.41) is 0.997. The number of aromatic nitrogens is 2. The molecule has 4 heteroatoms. The largest absolute Gasteiger partial charge is 0.494 e. The Morgan fingerprint density at radius 2 is 2.26 bits per heavy atom. The standard InChI is InChI=1S/C15H15N3O/c1-19-13-7-5-6-12-10-16-14(17-15(12)13)11-18-8-3-2-4-9-18/h2-8,10H,9,11H2,1H3. The quantitative estimate of drug-likeness (QED) is 0.842. The maximum absolute atomic E-state index is 5.34. The van der Waals surface area contributed by atoms with E-state index in [1.54, 1.807) is 7.11 Å². The Hall–Kier alpha value is -2.36. The SMILES string of the molecule is COc1cccc2cnc(CN3C=CC=CC3)nc12. The molecule has 0 saturated carbocycles. The van der Waals surface area contributed by atoms with Crippen molar-refractivity contribution in [2.45, 2.75) is 6.54 Å². The van der Waals surface area contributed by atoms with E-state index in [9.17, 15) is 0 Å². The molecule has 0 N–H and O–H groups in total. The summed E-state index contributed by atoms with van der Waals surface area (Å²) < 4.78 is 5.34. The van der Waals surface area contributed by atoms with Crippen molar-refractivity contribution in [3.05, 3.63) is 54.6 Å². The number of hydrogen-bond acceptors (Lipinski definition) is 4. The molecule has 0 atom stereocenters. The summed E-state index contributed by atoms with van der Waals surface area (Å²) in [5.74, 6) is 1.59. The third kappa shape index (κ3) is 2.42. The van der Waals surface area contributed by atoms with Gasteiger partial charge in [0.15, 0.2) is 0 Å². The van der Waals surface area contributed by atoms with Crippen LogP contribution in [0.2, 0.25) is 0 Å². The smallest absolute Gasteiger partial charge is 0.148 e. The Bertz CT molecular complexity index is 649. The van der Waals surface area contributed by atoms with E-state index in [0.29, 0.717) is 6.54 Å². The molecular weight excluding hydrogens is 238 g/mol. The van der Waals surface area contributed by atoms with Gasteiger partial charge >= 0.3 is 0 Å². The normalized spacial score (nSPS) is 14.1. The highest BCUT2D eigenvalue weighted by molar-refractivity contribution is 5.83. The van der Waals surface area contributed by atoms with Crippen molar-refractivity contribution >= 4 is 10.9 Å². The average Bonchev–Trinajstić information content (AvgIpc) is 2.47. The predicted octanol–water partition coefficient (Wildman–Crippen LogP) is 2.52. The van der Waals surface area contributed by atoms with Crippen molar-refractivity contribution < 1.29 is 4.74 Å². The van der Waals surface area contributed by atoms with Crippen molar-refractivity contribution in [3.8, 4) is 5.75 Å². The second-order valence-corrected chi connectivity index (χ2v) is 4.38. The van der Waals surface area contributed by atoms with Crippen LogP contribution in [0.4, 0.5) is 0 Å². The number of fused-ring (bicyclic) bond motifs is 1. The predicted molar refractivity (Wildman–Crippen MR) is 74.8 cm³/mol. The van der Waals surface area contributed by atoms with E-state index in [-0.39, 0.29) is 0 Å². The highest BCUT2D eigenvalue weighted by Gasteiger charge is 2.08. The zero-order valence-electron chi connectivity index (χ0n) is 10.8. The lowest BCUT2D eigenvalue weighted by molar-refractivity contribution is 0.393. The topological polar surface area (TPSA) is 38.2 Å². The van der Waals surface area contributed by atoms with E-state index in [1.165, 1.54) is 0 Å². The third-order valence-electron chi connectivity index (χ3n) is 3.07. The molecule has 0 amide bonds. The highest BCUT2D eigenvalue weighted by Crippen LogP contribution is 2.22. The van der Waals surface area contributed by atoms with E-state index in [4.69, 9.17) is 4.74 Å². The molecule has 1 aromatic heterocycles. The van der Waals surface area contributed by atoms with Crippen LogP contribution >= 0.6 is 0 Å². The van der Waals surface area contributed by atoms with E-state index < -0.39 is 0 Å². The molecule has 2 heterocycles. The summed E-state index contributed by atoms with van der Waals surface area (Å²) in [6.45, 7) is 1.60. The molecule has 0 saturated heterocycles. The Kier molecular flexibility index (Phi) is 3.14. The first-order chi connectivity index (χ1) is 9.36. The number of methoxy groups -OCH3 is 1. The highest BCUT2D eigenvalue weighted by atomic mass is 16.5. The fourth-order valence-electron chi connectivity index (χ4n) is 2.11. The van der Waals surface area contributed by atoms with Gasteiger partial charge in [0.2, 0.25) is 0 Å². The van der Waals surface area contributed by atoms with Gasteiger partial charge in [-0.2, -0.15) is 0 Å².